The van der Waals surface area contributed by atoms with E-state index in [0.29, 0.717) is 0 Å². The molecule has 22 heavy (non-hydrogen) atoms. The van der Waals surface area contributed by atoms with Gasteiger partial charge in [0.25, 0.3) is 0 Å². The Balaban J connectivity index is 2.46. The van der Waals surface area contributed by atoms with Gasteiger partial charge in [0.05, 0.1) is 11.2 Å². The Morgan fingerprint density at radius 3 is 2.27 bits per heavy atom. The lowest BCUT2D eigenvalue weighted by molar-refractivity contribution is -0.119. The third kappa shape index (κ3) is 3.25. The summed E-state index contributed by atoms with van der Waals surface area (Å²) < 4.78 is 30.2. The lowest BCUT2D eigenvalue weighted by Crippen LogP contribution is -2.45. The van der Waals surface area contributed by atoms with Crippen LogP contribution in [0.4, 0.5) is 0 Å². The second-order valence-corrected chi connectivity index (χ2v) is 6.81. The van der Waals surface area contributed by atoms with E-state index in [-0.39, 0.29) is 10.7 Å². The Kier molecular flexibility index (Phi) is 4.46. The first kappa shape index (κ1) is 16.0. The van der Waals surface area contributed by atoms with E-state index in [9.17, 15) is 18.0 Å². The molecular weight excluding hydrogens is 306 g/mol. The summed E-state index contributed by atoms with van der Waals surface area (Å²) in [5.41, 5.74) is 0.882. The molecule has 2 rings (SSSR count). The number of amides is 1. The standard InChI is InChI=1S/C15H15NO5S/c1-10-5-7-12(8-6-10)22(19,20)15(16-11(2)17)14(18)13-4-3-9-21-13/h3-9,15H,1-2H3,(H,16,17). The highest BCUT2D eigenvalue weighted by Gasteiger charge is 2.36. The highest BCUT2D eigenvalue weighted by molar-refractivity contribution is 7.92. The van der Waals surface area contributed by atoms with Crippen molar-refractivity contribution in [2.24, 2.45) is 0 Å². The number of hydrogen-bond donors (Lipinski definition) is 1. The maximum Gasteiger partial charge on any atom is 0.236 e. The van der Waals surface area contributed by atoms with Crippen LogP contribution in [0, 0.1) is 6.92 Å². The molecule has 1 atom stereocenters. The van der Waals surface area contributed by atoms with Crippen LogP contribution in [0.5, 0.6) is 0 Å². The van der Waals surface area contributed by atoms with E-state index in [1.54, 1.807) is 12.1 Å². The van der Waals surface area contributed by atoms with E-state index in [4.69, 9.17) is 4.42 Å². The Bertz CT molecular complexity index is 776. The third-order valence-electron chi connectivity index (χ3n) is 3.00. The molecule has 0 saturated heterocycles. The minimum Gasteiger partial charge on any atom is -0.461 e. The van der Waals surface area contributed by atoms with Gasteiger partial charge in [0.2, 0.25) is 26.9 Å². The van der Waals surface area contributed by atoms with Gasteiger partial charge in [-0.05, 0) is 31.2 Å². The maximum absolute atomic E-state index is 12.6. The zero-order valence-electron chi connectivity index (χ0n) is 12.1. The highest BCUT2D eigenvalue weighted by Crippen LogP contribution is 2.19. The van der Waals surface area contributed by atoms with Crippen molar-refractivity contribution in [3.8, 4) is 0 Å². The smallest absolute Gasteiger partial charge is 0.236 e. The van der Waals surface area contributed by atoms with E-state index in [0.717, 1.165) is 12.5 Å². The molecule has 0 radical (unpaired) electrons. The molecule has 116 valence electrons. The number of ketones is 1. The number of aryl methyl sites for hydroxylation is 1. The molecule has 1 N–H and O–H groups in total. The first-order valence-corrected chi connectivity index (χ1v) is 8.02. The molecule has 0 aliphatic carbocycles. The van der Waals surface area contributed by atoms with Crippen molar-refractivity contribution in [1.82, 2.24) is 5.32 Å². The van der Waals surface area contributed by atoms with Crippen molar-refractivity contribution >= 4 is 21.5 Å². The van der Waals surface area contributed by atoms with E-state index < -0.39 is 26.9 Å². The zero-order valence-corrected chi connectivity index (χ0v) is 12.9. The van der Waals surface area contributed by atoms with Crippen LogP contribution in [0.15, 0.2) is 52.0 Å². The number of sulfone groups is 1. The number of furan rings is 1. The molecule has 0 fully saturated rings. The predicted molar refractivity (Wildman–Crippen MR) is 79.0 cm³/mol. The molecule has 0 saturated carbocycles. The monoisotopic (exact) mass is 321 g/mol. The van der Waals surface area contributed by atoms with Crippen LogP contribution in [0.2, 0.25) is 0 Å². The lowest BCUT2D eigenvalue weighted by Gasteiger charge is -2.16. The summed E-state index contributed by atoms with van der Waals surface area (Å²) in [5.74, 6) is -1.57. The summed E-state index contributed by atoms with van der Waals surface area (Å²) in [6.45, 7) is 2.96. The summed E-state index contributed by atoms with van der Waals surface area (Å²) in [7, 11) is -4.08. The van der Waals surface area contributed by atoms with Crippen LogP contribution in [-0.4, -0.2) is 25.5 Å². The summed E-state index contributed by atoms with van der Waals surface area (Å²) in [6, 6.07) is 8.85. The van der Waals surface area contributed by atoms with Gasteiger partial charge in [-0.15, -0.1) is 0 Å². The second-order valence-electron chi connectivity index (χ2n) is 4.78. The SMILES string of the molecule is CC(=O)NC(C(=O)c1ccco1)S(=O)(=O)c1ccc(C)cc1. The van der Waals surface area contributed by atoms with Crippen molar-refractivity contribution in [1.29, 1.82) is 0 Å². The molecular formula is C15H15NO5S. The Hall–Kier alpha value is -2.41. The third-order valence-corrected chi connectivity index (χ3v) is 4.88. The number of rotatable bonds is 5. The van der Waals surface area contributed by atoms with E-state index >= 15 is 0 Å². The molecule has 1 heterocycles. The quantitative estimate of drug-likeness (QED) is 0.846. The number of carbonyl (C=O) groups excluding carboxylic acids is 2. The van der Waals surface area contributed by atoms with Gasteiger partial charge in [-0.3, -0.25) is 9.59 Å². The molecule has 1 unspecified atom stereocenters. The Morgan fingerprint density at radius 1 is 1.14 bits per heavy atom. The molecule has 0 spiro atoms. The average molecular weight is 321 g/mol. The molecule has 0 bridgehead atoms. The summed E-state index contributed by atoms with van der Waals surface area (Å²) in [4.78, 5) is 23.6. The molecule has 1 aromatic carbocycles. The fourth-order valence-corrected chi connectivity index (χ4v) is 3.39. The molecule has 1 aromatic heterocycles. The molecule has 7 heteroatoms. The van der Waals surface area contributed by atoms with Gasteiger partial charge in [-0.1, -0.05) is 17.7 Å². The van der Waals surface area contributed by atoms with Crippen molar-refractivity contribution in [3.05, 3.63) is 54.0 Å². The zero-order chi connectivity index (χ0) is 16.3. The topological polar surface area (TPSA) is 93.4 Å². The molecule has 2 aromatic rings. The normalized spacial score (nSPS) is 12.6. The van der Waals surface area contributed by atoms with Gasteiger partial charge >= 0.3 is 0 Å². The van der Waals surface area contributed by atoms with E-state index in [1.807, 2.05) is 6.92 Å². The minimum atomic E-state index is -4.08. The van der Waals surface area contributed by atoms with Crippen molar-refractivity contribution in [3.63, 3.8) is 0 Å². The molecule has 6 nitrogen and oxygen atoms in total. The van der Waals surface area contributed by atoms with Gasteiger partial charge in [0, 0.05) is 6.92 Å². The molecule has 0 aliphatic rings. The van der Waals surface area contributed by atoms with Crippen LogP contribution in [-0.2, 0) is 14.6 Å². The van der Waals surface area contributed by atoms with Crippen molar-refractivity contribution in [2.45, 2.75) is 24.1 Å². The summed E-state index contributed by atoms with van der Waals surface area (Å²) in [5, 5.41) is 0.462. The molecule has 1 amide bonds. The number of benzene rings is 1. The fourth-order valence-electron chi connectivity index (χ4n) is 1.88. The van der Waals surface area contributed by atoms with Crippen LogP contribution in [0.3, 0.4) is 0 Å². The minimum absolute atomic E-state index is 0.0447. The first-order chi connectivity index (χ1) is 10.3. The predicted octanol–water partition coefficient (Wildman–Crippen LogP) is 1.71. The van der Waals surface area contributed by atoms with Gasteiger partial charge in [0.15, 0.2) is 5.76 Å². The number of hydrogen-bond acceptors (Lipinski definition) is 5. The Morgan fingerprint density at radius 2 is 1.77 bits per heavy atom. The van der Waals surface area contributed by atoms with Gasteiger partial charge in [-0.25, -0.2) is 8.42 Å². The maximum atomic E-state index is 12.6. The fraction of sp³-hybridized carbons (Fsp3) is 0.200. The van der Waals surface area contributed by atoms with Crippen LogP contribution in [0.1, 0.15) is 23.0 Å². The average Bonchev–Trinajstić information content (AvgIpc) is 2.98. The largest absolute Gasteiger partial charge is 0.461 e. The van der Waals surface area contributed by atoms with Gasteiger partial charge in [-0.2, -0.15) is 0 Å². The van der Waals surface area contributed by atoms with Gasteiger partial charge < -0.3 is 9.73 Å². The second kappa shape index (κ2) is 6.15. The lowest BCUT2D eigenvalue weighted by atomic mass is 10.2. The van der Waals surface area contributed by atoms with Crippen LogP contribution >= 0.6 is 0 Å². The Labute approximate surface area is 128 Å². The number of Topliss-reactive ketones (excluding diaryl/α,β-unsaturated/α-hetero) is 1. The number of carbonyl (C=O) groups is 2. The van der Waals surface area contributed by atoms with Crippen molar-refractivity contribution in [2.75, 3.05) is 0 Å². The van der Waals surface area contributed by atoms with E-state index in [2.05, 4.69) is 5.32 Å². The number of nitrogens with one attached hydrogen (secondary N) is 1. The van der Waals surface area contributed by atoms with Gasteiger partial charge in [0.1, 0.15) is 0 Å². The molecule has 0 aliphatic heterocycles. The van der Waals surface area contributed by atoms with Crippen LogP contribution < -0.4 is 5.32 Å². The summed E-state index contributed by atoms with van der Waals surface area (Å²) >= 11 is 0. The summed E-state index contributed by atoms with van der Waals surface area (Å²) in [6.07, 6.45) is 1.26. The highest BCUT2D eigenvalue weighted by atomic mass is 32.2. The van der Waals surface area contributed by atoms with E-state index in [1.165, 1.54) is 30.5 Å². The van der Waals surface area contributed by atoms with Crippen molar-refractivity contribution < 1.29 is 22.4 Å². The first-order valence-electron chi connectivity index (χ1n) is 6.48. The van der Waals surface area contributed by atoms with Crippen LogP contribution in [0.25, 0.3) is 0 Å².